The van der Waals surface area contributed by atoms with Gasteiger partial charge in [0.2, 0.25) is 0 Å². The first-order valence-electron chi connectivity index (χ1n) is 9.12. The Kier molecular flexibility index (Phi) is 4.40. The Labute approximate surface area is 165 Å². The third-order valence-electron chi connectivity index (χ3n) is 4.99. The van der Waals surface area contributed by atoms with Gasteiger partial charge in [0.1, 0.15) is 26.0 Å². The zero-order valence-electron chi connectivity index (χ0n) is 16.6. The average Bonchev–Trinajstić information content (AvgIpc) is 3.29. The summed E-state index contributed by atoms with van der Waals surface area (Å²) in [4.78, 5) is 7.85. The Morgan fingerprint density at radius 2 is 1.32 bits per heavy atom. The first-order valence-corrected chi connectivity index (χ1v) is 9.12. The fourth-order valence-corrected chi connectivity index (χ4v) is 3.72. The van der Waals surface area contributed by atoms with Gasteiger partial charge in [-0.25, -0.2) is 4.85 Å². The second-order valence-corrected chi connectivity index (χ2v) is 7.30. The standard InChI is InChI=1S/C21H23N7/c1-15-6-18(22-3)7-16(2)21(15)17-8-19(27-11-23-25(4)13-27)10-20(9-17)28-12-24-26(5)14-28/h6-12H,13-14H2,1-2,4-5H3. The van der Waals surface area contributed by atoms with Gasteiger partial charge in [-0.1, -0.05) is 23.3 Å². The molecule has 4 rings (SSSR count). The molecule has 0 atom stereocenters. The molecule has 2 aromatic rings. The van der Waals surface area contributed by atoms with E-state index in [0.29, 0.717) is 19.0 Å². The molecule has 2 aliphatic heterocycles. The minimum Gasteiger partial charge on any atom is -0.311 e. The summed E-state index contributed by atoms with van der Waals surface area (Å²) in [6.45, 7) is 12.9. The minimum absolute atomic E-state index is 0.678. The fraction of sp³-hybridized carbons (Fsp3) is 0.286. The topological polar surface area (TPSA) is 42.0 Å². The molecule has 0 aromatic heterocycles. The van der Waals surface area contributed by atoms with Crippen LogP contribution >= 0.6 is 0 Å². The lowest BCUT2D eigenvalue weighted by Gasteiger charge is -2.23. The Morgan fingerprint density at radius 3 is 1.71 bits per heavy atom. The van der Waals surface area contributed by atoms with Crippen molar-refractivity contribution in [3.8, 4) is 11.1 Å². The lowest BCUT2D eigenvalue weighted by atomic mass is 9.94. The summed E-state index contributed by atoms with van der Waals surface area (Å²) < 4.78 is 0. The number of hydrogen-bond donors (Lipinski definition) is 0. The van der Waals surface area contributed by atoms with Crippen LogP contribution in [0.3, 0.4) is 0 Å². The molecule has 0 saturated heterocycles. The van der Waals surface area contributed by atoms with E-state index in [1.807, 2.05) is 48.9 Å². The van der Waals surface area contributed by atoms with Crippen molar-refractivity contribution in [2.45, 2.75) is 13.8 Å². The molecule has 0 saturated carbocycles. The molecule has 0 radical (unpaired) electrons. The second kappa shape index (κ2) is 6.89. The zero-order valence-corrected chi connectivity index (χ0v) is 16.6. The molecule has 2 heterocycles. The molecule has 0 bridgehead atoms. The van der Waals surface area contributed by atoms with Crippen LogP contribution in [0.1, 0.15) is 11.1 Å². The minimum atomic E-state index is 0.678. The molecule has 0 unspecified atom stereocenters. The number of aryl methyl sites for hydroxylation is 2. The number of hydrogen-bond acceptors (Lipinski definition) is 6. The van der Waals surface area contributed by atoms with Gasteiger partial charge in [0.05, 0.1) is 6.57 Å². The van der Waals surface area contributed by atoms with E-state index in [2.05, 4.69) is 56.9 Å². The van der Waals surface area contributed by atoms with E-state index in [-0.39, 0.29) is 0 Å². The number of hydrazone groups is 2. The largest absolute Gasteiger partial charge is 0.311 e. The predicted molar refractivity (Wildman–Crippen MR) is 115 cm³/mol. The summed E-state index contributed by atoms with van der Waals surface area (Å²) in [7, 11) is 3.92. The monoisotopic (exact) mass is 373 g/mol. The van der Waals surface area contributed by atoms with Crippen LogP contribution in [0.2, 0.25) is 0 Å². The maximum Gasteiger partial charge on any atom is 0.187 e. The van der Waals surface area contributed by atoms with Crippen LogP contribution in [-0.4, -0.2) is 50.1 Å². The van der Waals surface area contributed by atoms with E-state index in [0.717, 1.165) is 28.1 Å². The summed E-state index contributed by atoms with van der Waals surface area (Å²) in [6.07, 6.45) is 3.71. The first kappa shape index (κ1) is 17.9. The number of nitrogens with zero attached hydrogens (tertiary/aromatic N) is 7. The number of anilines is 2. The van der Waals surface area contributed by atoms with Gasteiger partial charge >= 0.3 is 0 Å². The van der Waals surface area contributed by atoms with Gasteiger partial charge in [-0.05, 0) is 43.2 Å². The highest BCUT2D eigenvalue weighted by atomic mass is 15.6. The van der Waals surface area contributed by atoms with Gasteiger partial charge in [0.15, 0.2) is 5.69 Å². The molecule has 7 nitrogen and oxygen atoms in total. The molecule has 0 spiro atoms. The summed E-state index contributed by atoms with van der Waals surface area (Å²) in [5.41, 5.74) is 7.35. The lowest BCUT2D eigenvalue weighted by molar-refractivity contribution is 0.392. The van der Waals surface area contributed by atoms with E-state index in [9.17, 15) is 0 Å². The van der Waals surface area contributed by atoms with Crippen molar-refractivity contribution >= 4 is 29.7 Å². The third kappa shape index (κ3) is 3.25. The predicted octanol–water partition coefficient (Wildman–Crippen LogP) is 3.83. The van der Waals surface area contributed by atoms with Gasteiger partial charge in [0, 0.05) is 25.5 Å². The average molecular weight is 373 g/mol. The first-order chi connectivity index (χ1) is 13.4. The number of rotatable bonds is 3. The van der Waals surface area contributed by atoms with Crippen molar-refractivity contribution in [1.29, 1.82) is 0 Å². The highest BCUT2D eigenvalue weighted by Gasteiger charge is 2.19. The molecule has 0 amide bonds. The number of benzene rings is 2. The molecular formula is C21H23N7. The van der Waals surface area contributed by atoms with Gasteiger partial charge in [-0.15, -0.1) is 0 Å². The van der Waals surface area contributed by atoms with E-state index >= 15 is 0 Å². The van der Waals surface area contributed by atoms with Crippen LogP contribution in [0, 0.1) is 20.4 Å². The molecule has 7 heteroatoms. The van der Waals surface area contributed by atoms with Gasteiger partial charge in [-0.3, -0.25) is 10.0 Å². The quantitative estimate of drug-likeness (QED) is 0.767. The van der Waals surface area contributed by atoms with E-state index < -0.39 is 0 Å². The van der Waals surface area contributed by atoms with Crippen molar-refractivity contribution < 1.29 is 0 Å². The van der Waals surface area contributed by atoms with Crippen LogP contribution in [0.4, 0.5) is 17.1 Å². The molecule has 142 valence electrons. The molecule has 2 aromatic carbocycles. The maximum absolute atomic E-state index is 7.32. The molecule has 0 aliphatic carbocycles. The van der Waals surface area contributed by atoms with Crippen molar-refractivity contribution in [2.75, 3.05) is 37.2 Å². The molecular weight excluding hydrogens is 350 g/mol. The Hall–Kier alpha value is -3.53. The van der Waals surface area contributed by atoms with Gasteiger partial charge in [-0.2, -0.15) is 10.2 Å². The SMILES string of the molecule is [C-]#[N+]c1cc(C)c(-c2cc(N3C=NN(C)C3)cc(N3C=NN(C)C3)c2)c(C)c1. The van der Waals surface area contributed by atoms with Crippen LogP contribution in [0.5, 0.6) is 0 Å². The Balaban J connectivity index is 1.84. The Bertz CT molecular complexity index is 951. The second-order valence-electron chi connectivity index (χ2n) is 7.30. The Morgan fingerprint density at radius 1 is 0.821 bits per heavy atom. The summed E-state index contributed by atoms with van der Waals surface area (Å²) >= 11 is 0. The normalized spacial score (nSPS) is 15.7. The van der Waals surface area contributed by atoms with Gasteiger partial charge in [0.25, 0.3) is 0 Å². The molecule has 2 aliphatic rings. The lowest BCUT2D eigenvalue weighted by Crippen LogP contribution is -2.26. The van der Waals surface area contributed by atoms with Crippen LogP contribution < -0.4 is 9.80 Å². The summed E-state index contributed by atoms with van der Waals surface area (Å²) in [5.74, 6) is 0. The van der Waals surface area contributed by atoms with E-state index in [4.69, 9.17) is 6.57 Å². The van der Waals surface area contributed by atoms with Crippen LogP contribution in [-0.2, 0) is 0 Å². The summed E-state index contributed by atoms with van der Waals surface area (Å²) in [6, 6.07) is 10.5. The van der Waals surface area contributed by atoms with Crippen LogP contribution in [0.15, 0.2) is 40.5 Å². The highest BCUT2D eigenvalue weighted by molar-refractivity contribution is 5.90. The maximum atomic E-state index is 7.32. The molecule has 0 fully saturated rings. The van der Waals surface area contributed by atoms with Crippen molar-refractivity contribution in [1.82, 2.24) is 10.0 Å². The third-order valence-corrected chi connectivity index (χ3v) is 4.99. The molecule has 28 heavy (non-hydrogen) atoms. The fourth-order valence-electron chi connectivity index (χ4n) is 3.72. The smallest absolute Gasteiger partial charge is 0.187 e. The molecule has 0 N–H and O–H groups in total. The highest BCUT2D eigenvalue weighted by Crippen LogP contribution is 2.36. The van der Waals surface area contributed by atoms with Gasteiger partial charge < -0.3 is 9.80 Å². The van der Waals surface area contributed by atoms with Crippen molar-refractivity contribution in [3.63, 3.8) is 0 Å². The zero-order chi connectivity index (χ0) is 19.8. The van der Waals surface area contributed by atoms with Crippen LogP contribution in [0.25, 0.3) is 16.0 Å². The van der Waals surface area contributed by atoms with E-state index in [1.165, 1.54) is 5.56 Å². The van der Waals surface area contributed by atoms with Crippen molar-refractivity contribution in [3.05, 3.63) is 52.9 Å². The van der Waals surface area contributed by atoms with E-state index in [1.54, 1.807) is 0 Å². The van der Waals surface area contributed by atoms with Crippen molar-refractivity contribution in [2.24, 2.45) is 10.2 Å². The summed E-state index contributed by atoms with van der Waals surface area (Å²) in [5, 5.41) is 12.5.